The molecule has 1 amide bonds. The van der Waals surface area contributed by atoms with Crippen LogP contribution in [0.15, 0.2) is 24.3 Å². The summed E-state index contributed by atoms with van der Waals surface area (Å²) in [6.07, 6.45) is 8.66. The van der Waals surface area contributed by atoms with Crippen LogP contribution in [0, 0.1) is 0 Å². The van der Waals surface area contributed by atoms with E-state index in [1.165, 1.54) is 18.4 Å². The number of hydrogen-bond donors (Lipinski definition) is 1. The molecule has 0 saturated heterocycles. The van der Waals surface area contributed by atoms with Crippen LogP contribution in [0.25, 0.3) is 0 Å². The van der Waals surface area contributed by atoms with E-state index in [4.69, 9.17) is 0 Å². The number of rotatable bonds is 5. The molecule has 1 aromatic carbocycles. The van der Waals surface area contributed by atoms with E-state index in [1.54, 1.807) is 0 Å². The molecule has 28 heavy (non-hydrogen) atoms. The van der Waals surface area contributed by atoms with Crippen LogP contribution in [-0.4, -0.2) is 20.7 Å². The summed E-state index contributed by atoms with van der Waals surface area (Å²) in [5, 5.41) is 11.9. The lowest BCUT2D eigenvalue weighted by molar-refractivity contribution is -0.126. The Kier molecular flexibility index (Phi) is 5.51. The number of amides is 1. The normalized spacial score (nSPS) is 18.7. The Labute approximate surface area is 167 Å². The minimum Gasteiger partial charge on any atom is -0.348 e. The summed E-state index contributed by atoms with van der Waals surface area (Å²) in [5.74, 6) is 2.62. The van der Waals surface area contributed by atoms with Crippen LogP contribution in [0.1, 0.15) is 87.5 Å². The number of aromatic nitrogens is 3. The van der Waals surface area contributed by atoms with Gasteiger partial charge in [0.2, 0.25) is 5.91 Å². The predicted octanol–water partition coefficient (Wildman–Crippen LogP) is 4.26. The van der Waals surface area contributed by atoms with E-state index in [-0.39, 0.29) is 5.91 Å². The van der Waals surface area contributed by atoms with Gasteiger partial charge in [0, 0.05) is 13.0 Å². The highest BCUT2D eigenvalue weighted by molar-refractivity contribution is 5.88. The molecule has 5 heteroatoms. The first-order valence-corrected chi connectivity index (χ1v) is 10.9. The molecule has 4 rings (SSSR count). The molecule has 0 unspecified atom stereocenters. The van der Waals surface area contributed by atoms with Gasteiger partial charge in [-0.1, -0.05) is 57.4 Å². The van der Waals surface area contributed by atoms with Crippen molar-refractivity contribution in [1.29, 1.82) is 0 Å². The molecular formula is C23H32N4O. The van der Waals surface area contributed by atoms with E-state index in [0.29, 0.717) is 12.5 Å². The number of hydrogen-bond acceptors (Lipinski definition) is 3. The number of aryl methyl sites for hydroxylation is 1. The van der Waals surface area contributed by atoms with Crippen LogP contribution in [0.3, 0.4) is 0 Å². The molecule has 1 fully saturated rings. The highest BCUT2D eigenvalue weighted by atomic mass is 16.2. The fraction of sp³-hybridized carbons (Fsp3) is 0.609. The highest BCUT2D eigenvalue weighted by Gasteiger charge is 2.42. The Hall–Kier alpha value is -2.17. The fourth-order valence-electron chi connectivity index (χ4n) is 4.82. The average Bonchev–Trinajstić information content (AvgIpc) is 3.28. The second kappa shape index (κ2) is 8.06. The molecule has 0 radical (unpaired) electrons. The molecule has 150 valence electrons. The first-order valence-electron chi connectivity index (χ1n) is 10.9. The zero-order chi connectivity index (χ0) is 19.6. The van der Waals surface area contributed by atoms with Gasteiger partial charge in [-0.2, -0.15) is 0 Å². The van der Waals surface area contributed by atoms with E-state index in [9.17, 15) is 4.79 Å². The van der Waals surface area contributed by atoms with Gasteiger partial charge in [-0.15, -0.1) is 10.2 Å². The van der Waals surface area contributed by atoms with Gasteiger partial charge in [0.05, 0.1) is 12.0 Å². The highest BCUT2D eigenvalue weighted by Crippen LogP contribution is 2.41. The maximum Gasteiger partial charge on any atom is 0.231 e. The predicted molar refractivity (Wildman–Crippen MR) is 110 cm³/mol. The minimum absolute atomic E-state index is 0.147. The number of carbonyl (C=O) groups excluding carboxylic acids is 1. The lowest BCUT2D eigenvalue weighted by atomic mass is 9.77. The standard InChI is InChI=1S/C23H32N4O/c1-17(2)18-9-11-19(12-10-18)23(13-5-6-14-23)22(28)24-16-21-26-25-20-8-4-3-7-15-27(20)21/h9-12,17H,3-8,13-16H2,1-2H3,(H,24,28). The molecule has 0 atom stereocenters. The first-order chi connectivity index (χ1) is 13.6. The zero-order valence-corrected chi connectivity index (χ0v) is 17.2. The zero-order valence-electron chi connectivity index (χ0n) is 17.2. The van der Waals surface area contributed by atoms with E-state index < -0.39 is 5.41 Å². The monoisotopic (exact) mass is 380 g/mol. The Balaban J connectivity index is 1.51. The van der Waals surface area contributed by atoms with Crippen LogP contribution in [-0.2, 0) is 29.7 Å². The van der Waals surface area contributed by atoms with Crippen LogP contribution >= 0.6 is 0 Å². The molecule has 1 N–H and O–H groups in total. The first kappa shape index (κ1) is 19.2. The van der Waals surface area contributed by atoms with Gasteiger partial charge >= 0.3 is 0 Å². The van der Waals surface area contributed by atoms with E-state index >= 15 is 0 Å². The summed E-state index contributed by atoms with van der Waals surface area (Å²) < 4.78 is 2.21. The van der Waals surface area contributed by atoms with Crippen LogP contribution in [0.5, 0.6) is 0 Å². The second-order valence-electron chi connectivity index (χ2n) is 8.74. The van der Waals surface area contributed by atoms with Crippen molar-refractivity contribution in [1.82, 2.24) is 20.1 Å². The van der Waals surface area contributed by atoms with Crippen molar-refractivity contribution < 1.29 is 4.79 Å². The third-order valence-electron chi connectivity index (χ3n) is 6.61. The van der Waals surface area contributed by atoms with Crippen molar-refractivity contribution >= 4 is 5.91 Å². The summed E-state index contributed by atoms with van der Waals surface area (Å²) in [6.45, 7) is 5.84. The van der Waals surface area contributed by atoms with Crippen LogP contribution < -0.4 is 5.32 Å². The average molecular weight is 381 g/mol. The van der Waals surface area contributed by atoms with E-state index in [2.05, 4.69) is 58.2 Å². The van der Waals surface area contributed by atoms with Crippen LogP contribution in [0.2, 0.25) is 0 Å². The Morgan fingerprint density at radius 2 is 1.82 bits per heavy atom. The van der Waals surface area contributed by atoms with Gasteiger partial charge in [0.25, 0.3) is 0 Å². The van der Waals surface area contributed by atoms with Crippen molar-refractivity contribution in [3.63, 3.8) is 0 Å². The summed E-state index contributed by atoms with van der Waals surface area (Å²) >= 11 is 0. The molecule has 0 spiro atoms. The van der Waals surface area contributed by atoms with Crippen LogP contribution in [0.4, 0.5) is 0 Å². The maximum atomic E-state index is 13.3. The Bertz CT molecular complexity index is 816. The van der Waals surface area contributed by atoms with E-state index in [1.807, 2.05) is 0 Å². The smallest absolute Gasteiger partial charge is 0.231 e. The molecule has 1 aliphatic heterocycles. The number of fused-ring (bicyclic) bond motifs is 1. The van der Waals surface area contributed by atoms with Crippen molar-refractivity contribution in [2.24, 2.45) is 0 Å². The van der Waals surface area contributed by atoms with Gasteiger partial charge in [-0.3, -0.25) is 4.79 Å². The molecule has 2 aliphatic rings. The second-order valence-corrected chi connectivity index (χ2v) is 8.74. The van der Waals surface area contributed by atoms with Crippen molar-refractivity contribution in [3.8, 4) is 0 Å². The molecule has 2 aromatic rings. The summed E-state index contributed by atoms with van der Waals surface area (Å²) in [7, 11) is 0. The Morgan fingerprint density at radius 1 is 1.07 bits per heavy atom. The topological polar surface area (TPSA) is 59.8 Å². The molecular weight excluding hydrogens is 348 g/mol. The number of benzene rings is 1. The maximum absolute atomic E-state index is 13.3. The lowest BCUT2D eigenvalue weighted by Crippen LogP contribution is -2.42. The van der Waals surface area contributed by atoms with Gasteiger partial charge in [0.1, 0.15) is 5.82 Å². The summed E-state index contributed by atoms with van der Waals surface area (Å²) in [4.78, 5) is 13.3. The van der Waals surface area contributed by atoms with Gasteiger partial charge in [0.15, 0.2) is 5.82 Å². The minimum atomic E-state index is -0.392. The van der Waals surface area contributed by atoms with Crippen molar-refractivity contribution in [2.75, 3.05) is 0 Å². The summed E-state index contributed by atoms with van der Waals surface area (Å²) in [5.41, 5.74) is 2.09. The SMILES string of the molecule is CC(C)c1ccc(C2(C(=O)NCc3nnc4n3CCCCC4)CCCC2)cc1. The van der Waals surface area contributed by atoms with E-state index in [0.717, 1.165) is 62.3 Å². The largest absolute Gasteiger partial charge is 0.348 e. The molecule has 5 nitrogen and oxygen atoms in total. The molecule has 0 bridgehead atoms. The van der Waals surface area contributed by atoms with Gasteiger partial charge in [-0.25, -0.2) is 0 Å². The van der Waals surface area contributed by atoms with Gasteiger partial charge < -0.3 is 9.88 Å². The molecule has 1 saturated carbocycles. The fourth-order valence-corrected chi connectivity index (χ4v) is 4.82. The van der Waals surface area contributed by atoms with Gasteiger partial charge in [-0.05, 0) is 42.7 Å². The summed E-state index contributed by atoms with van der Waals surface area (Å²) in [6, 6.07) is 8.71. The molecule has 1 aromatic heterocycles. The van der Waals surface area contributed by atoms with Crippen molar-refractivity contribution in [2.45, 2.75) is 89.6 Å². The number of nitrogens with zero attached hydrogens (tertiary/aromatic N) is 3. The number of carbonyl (C=O) groups is 1. The molecule has 1 aliphatic carbocycles. The number of nitrogens with one attached hydrogen (secondary N) is 1. The quantitative estimate of drug-likeness (QED) is 0.843. The third-order valence-corrected chi connectivity index (χ3v) is 6.61. The lowest BCUT2D eigenvalue weighted by Gasteiger charge is -2.28. The molecule has 2 heterocycles. The Morgan fingerprint density at radius 3 is 2.54 bits per heavy atom. The van der Waals surface area contributed by atoms with Crippen molar-refractivity contribution in [3.05, 3.63) is 47.0 Å². The third kappa shape index (κ3) is 3.59.